The van der Waals surface area contributed by atoms with E-state index in [9.17, 15) is 14.0 Å². The van der Waals surface area contributed by atoms with Crippen molar-refractivity contribution >= 4 is 33.5 Å². The standard InChI is InChI=1S/C12H7BrFNO4/c13-10-7(3-4-19-10)11(16)15-6-1-2-9(14)8(5-6)12(17)18/h1-5H,(H,15,16)(H,17,18). The summed E-state index contributed by atoms with van der Waals surface area (Å²) in [5.74, 6) is -2.77. The zero-order chi connectivity index (χ0) is 14.0. The number of halogens is 2. The molecule has 0 fully saturated rings. The van der Waals surface area contributed by atoms with E-state index in [2.05, 4.69) is 21.2 Å². The molecule has 0 bridgehead atoms. The molecule has 5 nitrogen and oxygen atoms in total. The predicted octanol–water partition coefficient (Wildman–Crippen LogP) is 3.13. The molecule has 0 unspecified atom stereocenters. The molecule has 0 aliphatic heterocycles. The van der Waals surface area contributed by atoms with Crippen molar-refractivity contribution in [2.75, 3.05) is 5.32 Å². The molecule has 0 aliphatic rings. The van der Waals surface area contributed by atoms with Gasteiger partial charge in [-0.25, -0.2) is 9.18 Å². The lowest BCUT2D eigenvalue weighted by Crippen LogP contribution is -2.12. The van der Waals surface area contributed by atoms with E-state index in [-0.39, 0.29) is 15.9 Å². The van der Waals surface area contributed by atoms with E-state index in [1.165, 1.54) is 18.4 Å². The van der Waals surface area contributed by atoms with Crippen LogP contribution in [0.5, 0.6) is 0 Å². The number of amides is 1. The van der Waals surface area contributed by atoms with Gasteiger partial charge in [0.25, 0.3) is 5.91 Å². The SMILES string of the molecule is O=C(O)c1cc(NC(=O)c2ccoc2Br)ccc1F. The number of furan rings is 1. The quantitative estimate of drug-likeness (QED) is 0.907. The molecule has 2 rings (SSSR count). The summed E-state index contributed by atoms with van der Waals surface area (Å²) >= 11 is 3.05. The van der Waals surface area contributed by atoms with Crippen LogP contribution in [0.4, 0.5) is 10.1 Å². The summed E-state index contributed by atoms with van der Waals surface area (Å²) in [6, 6.07) is 4.74. The van der Waals surface area contributed by atoms with Gasteiger partial charge in [-0.3, -0.25) is 4.79 Å². The predicted molar refractivity (Wildman–Crippen MR) is 67.7 cm³/mol. The molecule has 0 spiro atoms. The van der Waals surface area contributed by atoms with E-state index in [0.717, 1.165) is 12.1 Å². The van der Waals surface area contributed by atoms with Gasteiger partial charge in [0.1, 0.15) is 5.82 Å². The van der Waals surface area contributed by atoms with Crippen LogP contribution in [0.2, 0.25) is 0 Å². The van der Waals surface area contributed by atoms with Gasteiger partial charge in [0, 0.05) is 5.69 Å². The van der Waals surface area contributed by atoms with Gasteiger partial charge in [0.2, 0.25) is 0 Å². The highest BCUT2D eigenvalue weighted by Gasteiger charge is 2.15. The summed E-state index contributed by atoms with van der Waals surface area (Å²) in [6.07, 6.45) is 1.33. The Morgan fingerprint density at radius 2 is 2.00 bits per heavy atom. The Balaban J connectivity index is 2.25. The van der Waals surface area contributed by atoms with Gasteiger partial charge in [-0.05, 0) is 40.2 Å². The third-order valence-corrected chi connectivity index (χ3v) is 2.93. The molecule has 0 atom stereocenters. The Bertz CT molecular complexity index is 653. The van der Waals surface area contributed by atoms with E-state index < -0.39 is 23.3 Å². The van der Waals surface area contributed by atoms with Crippen molar-refractivity contribution in [2.45, 2.75) is 0 Å². The third-order valence-electron chi connectivity index (χ3n) is 2.32. The monoisotopic (exact) mass is 327 g/mol. The lowest BCUT2D eigenvalue weighted by molar-refractivity contribution is 0.0691. The molecule has 7 heteroatoms. The van der Waals surface area contributed by atoms with Crippen molar-refractivity contribution in [2.24, 2.45) is 0 Å². The van der Waals surface area contributed by atoms with E-state index in [1.807, 2.05) is 0 Å². The highest BCUT2D eigenvalue weighted by Crippen LogP contribution is 2.20. The zero-order valence-corrected chi connectivity index (χ0v) is 10.9. The van der Waals surface area contributed by atoms with Crippen molar-refractivity contribution in [3.63, 3.8) is 0 Å². The van der Waals surface area contributed by atoms with Crippen LogP contribution < -0.4 is 5.32 Å². The number of rotatable bonds is 3. The van der Waals surface area contributed by atoms with E-state index in [1.54, 1.807) is 0 Å². The summed E-state index contributed by atoms with van der Waals surface area (Å²) in [6.45, 7) is 0. The molecule has 1 amide bonds. The van der Waals surface area contributed by atoms with Crippen LogP contribution in [-0.4, -0.2) is 17.0 Å². The van der Waals surface area contributed by atoms with Gasteiger partial charge in [-0.1, -0.05) is 0 Å². The largest absolute Gasteiger partial charge is 0.478 e. The summed E-state index contributed by atoms with van der Waals surface area (Å²) < 4.78 is 18.3. The maximum absolute atomic E-state index is 13.2. The van der Waals surface area contributed by atoms with Gasteiger partial charge in [-0.15, -0.1) is 0 Å². The number of hydrogen-bond donors (Lipinski definition) is 2. The van der Waals surface area contributed by atoms with Gasteiger partial charge in [0.15, 0.2) is 4.67 Å². The number of carboxylic acids is 1. The summed E-state index contributed by atoms with van der Waals surface area (Å²) in [4.78, 5) is 22.6. The number of benzene rings is 1. The maximum Gasteiger partial charge on any atom is 0.338 e. The van der Waals surface area contributed by atoms with Crippen LogP contribution in [-0.2, 0) is 0 Å². The Kier molecular flexibility index (Phi) is 3.66. The molecule has 0 aliphatic carbocycles. The smallest absolute Gasteiger partial charge is 0.338 e. The molecule has 1 aromatic heterocycles. The van der Waals surface area contributed by atoms with Crippen LogP contribution in [0.1, 0.15) is 20.7 Å². The van der Waals surface area contributed by atoms with Gasteiger partial charge < -0.3 is 14.8 Å². The average molecular weight is 328 g/mol. The van der Waals surface area contributed by atoms with Crippen molar-refractivity contribution < 1.29 is 23.5 Å². The van der Waals surface area contributed by atoms with Crippen molar-refractivity contribution in [1.82, 2.24) is 0 Å². The van der Waals surface area contributed by atoms with Crippen LogP contribution in [0.25, 0.3) is 0 Å². The van der Waals surface area contributed by atoms with Crippen molar-refractivity contribution in [1.29, 1.82) is 0 Å². The first kappa shape index (κ1) is 13.3. The minimum Gasteiger partial charge on any atom is -0.478 e. The van der Waals surface area contributed by atoms with Crippen molar-refractivity contribution in [3.05, 3.63) is 52.1 Å². The molecule has 19 heavy (non-hydrogen) atoms. The number of anilines is 1. The molecule has 1 aromatic carbocycles. The first-order valence-corrected chi connectivity index (χ1v) is 5.85. The van der Waals surface area contributed by atoms with Crippen LogP contribution in [0.15, 0.2) is 39.6 Å². The molecular formula is C12H7BrFNO4. The second kappa shape index (κ2) is 5.23. The molecule has 2 aromatic rings. The Morgan fingerprint density at radius 1 is 1.26 bits per heavy atom. The van der Waals surface area contributed by atoms with Gasteiger partial charge in [0.05, 0.1) is 17.4 Å². The number of hydrogen-bond acceptors (Lipinski definition) is 3. The number of carbonyl (C=O) groups excluding carboxylic acids is 1. The molecule has 0 saturated carbocycles. The molecule has 1 heterocycles. The number of nitrogens with one attached hydrogen (secondary N) is 1. The van der Waals surface area contributed by atoms with Gasteiger partial charge >= 0.3 is 5.97 Å². The maximum atomic E-state index is 13.2. The second-order valence-corrected chi connectivity index (χ2v) is 4.28. The molecule has 0 saturated heterocycles. The second-order valence-electron chi connectivity index (χ2n) is 3.56. The molecule has 98 valence electrons. The fourth-order valence-corrected chi connectivity index (χ4v) is 1.84. The fourth-order valence-electron chi connectivity index (χ4n) is 1.42. The highest BCUT2D eigenvalue weighted by molar-refractivity contribution is 9.10. The first-order chi connectivity index (χ1) is 8.99. The summed E-state index contributed by atoms with van der Waals surface area (Å²) in [5.41, 5.74) is -0.0813. The van der Waals surface area contributed by atoms with E-state index >= 15 is 0 Å². The Morgan fingerprint density at radius 3 is 2.58 bits per heavy atom. The third kappa shape index (κ3) is 2.82. The summed E-state index contributed by atoms with van der Waals surface area (Å²) in [5, 5.41) is 11.2. The van der Waals surface area contributed by atoms with Gasteiger partial charge in [-0.2, -0.15) is 0 Å². The minimum absolute atomic E-state index is 0.178. The number of carboxylic acid groups (broad SMARTS) is 1. The summed E-state index contributed by atoms with van der Waals surface area (Å²) in [7, 11) is 0. The lowest BCUT2D eigenvalue weighted by Gasteiger charge is -2.05. The van der Waals surface area contributed by atoms with Crippen LogP contribution in [0, 0.1) is 5.82 Å². The van der Waals surface area contributed by atoms with Crippen molar-refractivity contribution in [3.8, 4) is 0 Å². The molecule has 2 N–H and O–H groups in total. The van der Waals surface area contributed by atoms with Crippen LogP contribution in [0.3, 0.4) is 0 Å². The minimum atomic E-state index is -1.40. The molecular weight excluding hydrogens is 321 g/mol. The Labute approximate surface area is 115 Å². The highest BCUT2D eigenvalue weighted by atomic mass is 79.9. The van der Waals surface area contributed by atoms with E-state index in [4.69, 9.17) is 9.52 Å². The first-order valence-electron chi connectivity index (χ1n) is 5.06. The zero-order valence-electron chi connectivity index (χ0n) is 9.31. The molecule has 0 radical (unpaired) electrons. The lowest BCUT2D eigenvalue weighted by atomic mass is 10.2. The van der Waals surface area contributed by atoms with E-state index in [0.29, 0.717) is 0 Å². The topological polar surface area (TPSA) is 79.5 Å². The Hall–Kier alpha value is -2.15. The normalized spacial score (nSPS) is 10.2. The van der Waals surface area contributed by atoms with Crippen LogP contribution >= 0.6 is 15.9 Å². The fraction of sp³-hybridized carbons (Fsp3) is 0. The number of aromatic carboxylic acids is 1. The number of carbonyl (C=O) groups is 2. The average Bonchev–Trinajstić information content (AvgIpc) is 2.77.